The Morgan fingerprint density at radius 2 is 1.94 bits per heavy atom. The molecule has 0 aliphatic rings. The molecule has 1 rings (SSSR count). The molecule has 0 heterocycles. The summed E-state index contributed by atoms with van der Waals surface area (Å²) in [4.78, 5) is 11.4. The molecule has 0 radical (unpaired) electrons. The van der Waals surface area contributed by atoms with Crippen molar-refractivity contribution in [2.45, 2.75) is 39.7 Å². The molecule has 100 valence electrons. The van der Waals surface area contributed by atoms with E-state index in [1.54, 1.807) is 0 Å². The lowest BCUT2D eigenvalue weighted by molar-refractivity contribution is -0.121. The van der Waals surface area contributed by atoms with Crippen LogP contribution in [-0.2, 0) is 11.2 Å². The van der Waals surface area contributed by atoms with Crippen molar-refractivity contribution in [1.82, 2.24) is 10.6 Å². The number of rotatable bonds is 7. The molecule has 0 bridgehead atoms. The van der Waals surface area contributed by atoms with Crippen molar-refractivity contribution in [1.29, 1.82) is 0 Å². The van der Waals surface area contributed by atoms with E-state index in [0.29, 0.717) is 6.42 Å². The molecule has 0 aliphatic carbocycles. The first-order chi connectivity index (χ1) is 8.59. The van der Waals surface area contributed by atoms with Crippen LogP contribution in [0.3, 0.4) is 0 Å². The summed E-state index contributed by atoms with van der Waals surface area (Å²) in [5.41, 5.74) is 2.70. The highest BCUT2D eigenvalue weighted by atomic mass is 16.1. The molecular formula is C15H24N2O. The number of hydrogen-bond donors (Lipinski definition) is 2. The number of benzene rings is 1. The van der Waals surface area contributed by atoms with Crippen molar-refractivity contribution in [3.05, 3.63) is 35.4 Å². The Balaban J connectivity index is 2.12. The van der Waals surface area contributed by atoms with E-state index in [1.807, 2.05) is 13.8 Å². The highest BCUT2D eigenvalue weighted by molar-refractivity contribution is 5.76. The number of carbonyl (C=O) groups excluding carboxylic acids is 1. The zero-order valence-corrected chi connectivity index (χ0v) is 11.6. The van der Waals surface area contributed by atoms with E-state index in [2.05, 4.69) is 41.8 Å². The predicted octanol–water partition coefficient (Wildman–Crippen LogP) is 2.04. The van der Waals surface area contributed by atoms with Crippen LogP contribution in [0.2, 0.25) is 0 Å². The second-order valence-electron chi connectivity index (χ2n) is 4.90. The quantitative estimate of drug-likeness (QED) is 0.725. The summed E-state index contributed by atoms with van der Waals surface area (Å²) < 4.78 is 0. The number of amides is 1. The molecule has 3 nitrogen and oxygen atoms in total. The van der Waals surface area contributed by atoms with Gasteiger partial charge < -0.3 is 10.6 Å². The molecule has 0 fully saturated rings. The maximum Gasteiger partial charge on any atom is 0.221 e. The van der Waals surface area contributed by atoms with Crippen LogP contribution >= 0.6 is 0 Å². The molecule has 2 N–H and O–H groups in total. The zero-order valence-electron chi connectivity index (χ0n) is 11.6. The first-order valence-electron chi connectivity index (χ1n) is 6.64. The van der Waals surface area contributed by atoms with Gasteiger partial charge >= 0.3 is 0 Å². The molecular weight excluding hydrogens is 224 g/mol. The minimum absolute atomic E-state index is 0.119. The summed E-state index contributed by atoms with van der Waals surface area (Å²) in [5, 5.41) is 6.19. The van der Waals surface area contributed by atoms with Gasteiger partial charge in [0, 0.05) is 19.0 Å². The molecule has 0 unspecified atom stereocenters. The van der Waals surface area contributed by atoms with E-state index in [9.17, 15) is 4.79 Å². The van der Waals surface area contributed by atoms with Gasteiger partial charge in [-0.3, -0.25) is 4.79 Å². The molecule has 1 aromatic rings. The summed E-state index contributed by atoms with van der Waals surface area (Å²) in [6, 6.07) is 8.64. The summed E-state index contributed by atoms with van der Waals surface area (Å²) in [7, 11) is 0. The van der Waals surface area contributed by atoms with E-state index < -0.39 is 0 Å². The monoisotopic (exact) mass is 248 g/mol. The molecule has 18 heavy (non-hydrogen) atoms. The van der Waals surface area contributed by atoms with Crippen molar-refractivity contribution in [2.75, 3.05) is 13.1 Å². The van der Waals surface area contributed by atoms with E-state index >= 15 is 0 Å². The second kappa shape index (κ2) is 7.88. The van der Waals surface area contributed by atoms with Crippen molar-refractivity contribution in [3.63, 3.8) is 0 Å². The topological polar surface area (TPSA) is 41.1 Å². The number of nitrogens with one attached hydrogen (secondary N) is 2. The number of carbonyl (C=O) groups is 1. The minimum Gasteiger partial charge on any atom is -0.354 e. The average Bonchev–Trinajstić information content (AvgIpc) is 2.30. The van der Waals surface area contributed by atoms with Crippen molar-refractivity contribution in [3.8, 4) is 0 Å². The Morgan fingerprint density at radius 1 is 1.22 bits per heavy atom. The molecule has 0 aliphatic heterocycles. The van der Waals surface area contributed by atoms with Gasteiger partial charge in [0.05, 0.1) is 0 Å². The van der Waals surface area contributed by atoms with Crippen LogP contribution in [0.4, 0.5) is 0 Å². The van der Waals surface area contributed by atoms with Crippen molar-refractivity contribution >= 4 is 5.91 Å². The van der Waals surface area contributed by atoms with Crippen LogP contribution in [0.1, 0.15) is 31.4 Å². The standard InChI is InChI=1S/C15H24N2O/c1-12(2)17-15(18)9-11-16-10-8-14-7-5-4-6-13(14)3/h4-7,12,16H,8-11H2,1-3H3,(H,17,18). The molecule has 1 aromatic carbocycles. The zero-order chi connectivity index (χ0) is 13.4. The summed E-state index contributed by atoms with van der Waals surface area (Å²) in [6.45, 7) is 7.74. The second-order valence-corrected chi connectivity index (χ2v) is 4.90. The van der Waals surface area contributed by atoms with Gasteiger partial charge in [-0.1, -0.05) is 24.3 Å². The van der Waals surface area contributed by atoms with Crippen LogP contribution in [-0.4, -0.2) is 25.0 Å². The minimum atomic E-state index is 0.119. The van der Waals surface area contributed by atoms with E-state index in [0.717, 1.165) is 19.5 Å². The Morgan fingerprint density at radius 3 is 2.61 bits per heavy atom. The third-order valence-electron chi connectivity index (χ3n) is 2.81. The molecule has 0 atom stereocenters. The van der Waals surface area contributed by atoms with Gasteiger partial charge in [0.1, 0.15) is 0 Å². The molecule has 3 heteroatoms. The normalized spacial score (nSPS) is 10.7. The lowest BCUT2D eigenvalue weighted by Crippen LogP contribution is -2.32. The third-order valence-corrected chi connectivity index (χ3v) is 2.81. The van der Waals surface area contributed by atoms with Gasteiger partial charge in [0.2, 0.25) is 5.91 Å². The Hall–Kier alpha value is -1.35. The highest BCUT2D eigenvalue weighted by Crippen LogP contribution is 2.06. The first kappa shape index (κ1) is 14.7. The van der Waals surface area contributed by atoms with Gasteiger partial charge in [0.15, 0.2) is 0 Å². The number of hydrogen-bond acceptors (Lipinski definition) is 2. The molecule has 0 aromatic heterocycles. The molecule has 0 saturated heterocycles. The SMILES string of the molecule is Cc1ccccc1CCNCCC(=O)NC(C)C. The smallest absolute Gasteiger partial charge is 0.221 e. The fourth-order valence-corrected chi connectivity index (χ4v) is 1.83. The van der Waals surface area contributed by atoms with Gasteiger partial charge in [-0.05, 0) is 44.9 Å². The van der Waals surface area contributed by atoms with E-state index in [1.165, 1.54) is 11.1 Å². The molecule has 0 spiro atoms. The average molecular weight is 248 g/mol. The van der Waals surface area contributed by atoms with Crippen LogP contribution in [0.25, 0.3) is 0 Å². The molecule has 0 saturated carbocycles. The highest BCUT2D eigenvalue weighted by Gasteiger charge is 2.02. The maximum absolute atomic E-state index is 11.4. The van der Waals surface area contributed by atoms with Gasteiger partial charge in [-0.2, -0.15) is 0 Å². The molecule has 1 amide bonds. The predicted molar refractivity (Wildman–Crippen MR) is 75.6 cm³/mol. The maximum atomic E-state index is 11.4. The fraction of sp³-hybridized carbons (Fsp3) is 0.533. The Labute approximate surface area is 110 Å². The van der Waals surface area contributed by atoms with Crippen molar-refractivity contribution in [2.24, 2.45) is 0 Å². The Kier molecular flexibility index (Phi) is 6.44. The van der Waals surface area contributed by atoms with Crippen molar-refractivity contribution < 1.29 is 4.79 Å². The summed E-state index contributed by atoms with van der Waals surface area (Å²) in [6.07, 6.45) is 1.56. The van der Waals surface area contributed by atoms with Crippen LogP contribution in [0.15, 0.2) is 24.3 Å². The largest absolute Gasteiger partial charge is 0.354 e. The summed E-state index contributed by atoms with van der Waals surface area (Å²) >= 11 is 0. The van der Waals surface area contributed by atoms with Crippen LogP contribution in [0, 0.1) is 6.92 Å². The summed E-state index contributed by atoms with van der Waals surface area (Å²) in [5.74, 6) is 0.119. The Bertz CT molecular complexity index is 375. The fourth-order valence-electron chi connectivity index (χ4n) is 1.83. The lowest BCUT2D eigenvalue weighted by Gasteiger charge is -2.09. The van der Waals surface area contributed by atoms with Gasteiger partial charge in [-0.25, -0.2) is 0 Å². The van der Waals surface area contributed by atoms with E-state index in [4.69, 9.17) is 0 Å². The first-order valence-corrected chi connectivity index (χ1v) is 6.64. The van der Waals surface area contributed by atoms with Gasteiger partial charge in [0.25, 0.3) is 0 Å². The van der Waals surface area contributed by atoms with Gasteiger partial charge in [-0.15, -0.1) is 0 Å². The van der Waals surface area contributed by atoms with E-state index in [-0.39, 0.29) is 11.9 Å². The third kappa shape index (κ3) is 5.82. The van der Waals surface area contributed by atoms with Crippen LogP contribution in [0.5, 0.6) is 0 Å². The number of aryl methyl sites for hydroxylation is 1. The van der Waals surface area contributed by atoms with Crippen LogP contribution < -0.4 is 10.6 Å². The lowest BCUT2D eigenvalue weighted by atomic mass is 10.1.